The molecule has 32 heavy (non-hydrogen) atoms. The Morgan fingerprint density at radius 1 is 1.09 bits per heavy atom. The maximum atomic E-state index is 12.4. The first-order valence-electron chi connectivity index (χ1n) is 13.0. The van der Waals surface area contributed by atoms with Crippen molar-refractivity contribution in [3.05, 3.63) is 0 Å². The Balaban J connectivity index is 1.94. The average molecular weight is 484 g/mol. The molecule has 3 aliphatic rings. The molecule has 5 atom stereocenters. The second-order valence-electron chi connectivity index (χ2n) is 13.2. The van der Waals surface area contributed by atoms with Gasteiger partial charge in [-0.15, -0.1) is 0 Å². The number of hydrogen-bond donors (Lipinski definition) is 0. The van der Waals surface area contributed by atoms with Crippen molar-refractivity contribution in [1.82, 2.24) is 5.06 Å². The SMILES string of the molecule is CCOC(=O)C[C@@H]1CCC[C@@]23CCC[C@@H](O[Si](C)(C)C(C)(C)C)[C@@H]2[C@@H](C[Si](C)(C)C)ON13. The first-order chi connectivity index (χ1) is 14.7. The molecular formula is C25H49NO4Si2. The third-order valence-electron chi connectivity index (χ3n) is 8.46. The maximum absolute atomic E-state index is 12.4. The lowest BCUT2D eigenvalue weighted by atomic mass is 9.65. The minimum atomic E-state index is -1.89. The Bertz CT molecular complexity index is 668. The third kappa shape index (κ3) is 5.37. The predicted molar refractivity (Wildman–Crippen MR) is 136 cm³/mol. The van der Waals surface area contributed by atoms with E-state index in [0.717, 1.165) is 38.1 Å². The molecule has 0 unspecified atom stereocenters. The molecular weight excluding hydrogens is 434 g/mol. The largest absolute Gasteiger partial charge is 0.466 e. The van der Waals surface area contributed by atoms with E-state index in [-0.39, 0.29) is 34.8 Å². The van der Waals surface area contributed by atoms with Crippen molar-refractivity contribution in [2.75, 3.05) is 6.61 Å². The van der Waals surface area contributed by atoms with Crippen molar-refractivity contribution in [2.45, 2.75) is 140 Å². The van der Waals surface area contributed by atoms with Gasteiger partial charge in [0.25, 0.3) is 0 Å². The Morgan fingerprint density at radius 3 is 2.28 bits per heavy atom. The Hall–Kier alpha value is -0.216. The molecule has 5 nitrogen and oxygen atoms in total. The van der Waals surface area contributed by atoms with E-state index in [4.69, 9.17) is 14.0 Å². The third-order valence-corrected chi connectivity index (χ3v) is 14.6. The number of ether oxygens (including phenoxy) is 1. The summed E-state index contributed by atoms with van der Waals surface area (Å²) in [5.74, 6) is 0.315. The second-order valence-corrected chi connectivity index (χ2v) is 23.5. The van der Waals surface area contributed by atoms with E-state index in [0.29, 0.717) is 18.9 Å². The normalized spacial score (nSPS) is 34.2. The van der Waals surface area contributed by atoms with Crippen LogP contribution >= 0.6 is 0 Å². The van der Waals surface area contributed by atoms with Gasteiger partial charge in [0.15, 0.2) is 8.32 Å². The van der Waals surface area contributed by atoms with E-state index >= 15 is 0 Å². The van der Waals surface area contributed by atoms with Gasteiger partial charge in [-0.3, -0.25) is 9.63 Å². The van der Waals surface area contributed by atoms with Crippen LogP contribution in [0, 0.1) is 5.92 Å². The highest BCUT2D eigenvalue weighted by Crippen LogP contribution is 2.56. The standard InChI is InChI=1S/C25H49NO4Si2/c1-10-28-22(27)17-19-13-11-15-25-16-12-14-20(30-32(8,9)24(2,3)4)23(25)21(29-26(19)25)18-31(5,6)7/h19-21,23H,10-18H2,1-9H3/t19-,20+,21+,23+,25+/m0/s1. The molecule has 0 N–H and O–H groups in total. The number of carbonyl (C=O) groups is 1. The van der Waals surface area contributed by atoms with Crippen molar-refractivity contribution >= 4 is 22.4 Å². The summed E-state index contributed by atoms with van der Waals surface area (Å²) in [6, 6.07) is 1.28. The van der Waals surface area contributed by atoms with Gasteiger partial charge in [0.1, 0.15) is 0 Å². The van der Waals surface area contributed by atoms with Crippen LogP contribution in [0.15, 0.2) is 0 Å². The number of rotatable bonds is 7. The Morgan fingerprint density at radius 2 is 1.72 bits per heavy atom. The number of hydroxylamine groups is 2. The van der Waals surface area contributed by atoms with Crippen LogP contribution in [-0.4, -0.2) is 57.8 Å². The maximum Gasteiger partial charge on any atom is 0.307 e. The van der Waals surface area contributed by atoms with Crippen molar-refractivity contribution in [1.29, 1.82) is 0 Å². The molecule has 0 aromatic rings. The van der Waals surface area contributed by atoms with Crippen LogP contribution in [0.1, 0.15) is 72.6 Å². The lowest BCUT2D eigenvalue weighted by Gasteiger charge is -2.53. The molecule has 2 saturated heterocycles. The zero-order valence-electron chi connectivity index (χ0n) is 22.3. The zero-order chi connectivity index (χ0) is 23.9. The van der Waals surface area contributed by atoms with Gasteiger partial charge in [0.05, 0.1) is 30.8 Å². The molecule has 186 valence electrons. The van der Waals surface area contributed by atoms with Gasteiger partial charge in [-0.25, -0.2) is 0 Å². The molecule has 0 bridgehead atoms. The number of nitrogens with zero attached hydrogens (tertiary/aromatic N) is 1. The Kier molecular flexibility index (Phi) is 7.79. The van der Waals surface area contributed by atoms with Crippen LogP contribution in [-0.2, 0) is 18.8 Å². The quantitative estimate of drug-likeness (QED) is 0.311. The Labute approximate surface area is 199 Å². The van der Waals surface area contributed by atoms with Crippen LogP contribution in [0.2, 0.25) is 43.8 Å². The first-order valence-corrected chi connectivity index (χ1v) is 19.6. The van der Waals surface area contributed by atoms with Crippen molar-refractivity contribution < 1.29 is 18.8 Å². The fraction of sp³-hybridized carbons (Fsp3) is 0.960. The number of piperidine rings is 1. The molecule has 1 aliphatic carbocycles. The van der Waals surface area contributed by atoms with Crippen LogP contribution in [0.4, 0.5) is 0 Å². The fourth-order valence-corrected chi connectivity index (χ4v) is 9.04. The van der Waals surface area contributed by atoms with E-state index in [2.05, 4.69) is 58.6 Å². The van der Waals surface area contributed by atoms with Crippen LogP contribution in [0.5, 0.6) is 0 Å². The molecule has 0 amide bonds. The fourth-order valence-electron chi connectivity index (χ4n) is 6.13. The van der Waals surface area contributed by atoms with E-state index in [1.165, 1.54) is 6.42 Å². The summed E-state index contributed by atoms with van der Waals surface area (Å²) < 4.78 is 12.5. The van der Waals surface area contributed by atoms with Crippen LogP contribution in [0.25, 0.3) is 0 Å². The monoisotopic (exact) mass is 483 g/mol. The zero-order valence-corrected chi connectivity index (χ0v) is 24.3. The molecule has 0 aromatic heterocycles. The number of hydrogen-bond acceptors (Lipinski definition) is 5. The summed E-state index contributed by atoms with van der Waals surface area (Å²) in [6.07, 6.45) is 7.73. The van der Waals surface area contributed by atoms with Gasteiger partial charge in [-0.1, -0.05) is 40.4 Å². The van der Waals surface area contributed by atoms with Crippen molar-refractivity contribution in [3.63, 3.8) is 0 Å². The molecule has 3 rings (SSSR count). The van der Waals surface area contributed by atoms with Gasteiger partial charge in [0, 0.05) is 20.0 Å². The molecule has 1 saturated carbocycles. The lowest BCUT2D eigenvalue weighted by molar-refractivity contribution is -0.231. The molecule has 0 radical (unpaired) electrons. The molecule has 1 spiro atoms. The van der Waals surface area contributed by atoms with Crippen molar-refractivity contribution in [3.8, 4) is 0 Å². The highest BCUT2D eigenvalue weighted by atomic mass is 28.4. The summed E-state index contributed by atoms with van der Waals surface area (Å²) in [6.45, 7) is 21.5. The lowest BCUT2D eigenvalue weighted by Crippen LogP contribution is -2.61. The smallest absolute Gasteiger partial charge is 0.307 e. The summed E-state index contributed by atoms with van der Waals surface area (Å²) in [4.78, 5) is 19.3. The van der Waals surface area contributed by atoms with Crippen LogP contribution < -0.4 is 0 Å². The van der Waals surface area contributed by atoms with Gasteiger partial charge >= 0.3 is 5.97 Å². The topological polar surface area (TPSA) is 48.0 Å². The molecule has 2 aliphatic heterocycles. The summed E-state index contributed by atoms with van der Waals surface area (Å²) in [5, 5.41) is 2.52. The molecule has 7 heteroatoms. The van der Waals surface area contributed by atoms with Gasteiger partial charge in [-0.05, 0) is 69.6 Å². The van der Waals surface area contributed by atoms with Gasteiger partial charge < -0.3 is 9.16 Å². The summed E-state index contributed by atoms with van der Waals surface area (Å²) >= 11 is 0. The van der Waals surface area contributed by atoms with Crippen LogP contribution in [0.3, 0.4) is 0 Å². The van der Waals surface area contributed by atoms with E-state index in [9.17, 15) is 4.79 Å². The van der Waals surface area contributed by atoms with Crippen molar-refractivity contribution in [2.24, 2.45) is 5.92 Å². The number of esters is 1. The van der Waals surface area contributed by atoms with E-state index in [1.807, 2.05) is 6.92 Å². The second kappa shape index (κ2) is 9.44. The minimum absolute atomic E-state index is 0.0189. The van der Waals surface area contributed by atoms with E-state index in [1.54, 1.807) is 0 Å². The average Bonchev–Trinajstić information content (AvgIpc) is 2.95. The van der Waals surface area contributed by atoms with Gasteiger partial charge in [0.2, 0.25) is 0 Å². The number of carbonyl (C=O) groups excluding carboxylic acids is 1. The predicted octanol–water partition coefficient (Wildman–Crippen LogP) is 6.38. The molecule has 2 heterocycles. The van der Waals surface area contributed by atoms with Gasteiger partial charge in [-0.2, -0.15) is 5.06 Å². The highest BCUT2D eigenvalue weighted by Gasteiger charge is 2.63. The minimum Gasteiger partial charge on any atom is -0.466 e. The summed E-state index contributed by atoms with van der Waals surface area (Å²) in [5.41, 5.74) is 0.0189. The molecule has 0 aromatic carbocycles. The first kappa shape index (κ1) is 26.4. The highest BCUT2D eigenvalue weighted by molar-refractivity contribution is 6.76. The summed E-state index contributed by atoms with van der Waals surface area (Å²) in [7, 11) is -3.24. The molecule has 3 fully saturated rings. The van der Waals surface area contributed by atoms with E-state index < -0.39 is 16.4 Å².